The number of piperazine rings is 1. The van der Waals surface area contributed by atoms with Gasteiger partial charge in [-0.25, -0.2) is 4.39 Å². The van der Waals surface area contributed by atoms with Crippen molar-refractivity contribution >= 4 is 17.5 Å². The van der Waals surface area contributed by atoms with Crippen LogP contribution < -0.4 is 5.32 Å². The van der Waals surface area contributed by atoms with Crippen molar-refractivity contribution in [1.82, 2.24) is 15.1 Å². The Balaban J connectivity index is 1.39. The zero-order valence-corrected chi connectivity index (χ0v) is 15.4. The highest BCUT2D eigenvalue weighted by Crippen LogP contribution is 2.14. The molecular weight excluding hydrogens is 353 g/mol. The first-order valence-corrected chi connectivity index (χ1v) is 9.21. The van der Waals surface area contributed by atoms with Crippen LogP contribution in [0.3, 0.4) is 0 Å². The molecule has 3 rings (SSSR count). The first-order chi connectivity index (χ1) is 12.6. The van der Waals surface area contributed by atoms with Crippen molar-refractivity contribution in [3.8, 4) is 0 Å². The number of hydrogen-bond acceptors (Lipinski definition) is 3. The Hall–Kier alpha value is -1.95. The molecule has 0 saturated carbocycles. The van der Waals surface area contributed by atoms with Crippen LogP contribution in [-0.4, -0.2) is 55.0 Å². The summed E-state index contributed by atoms with van der Waals surface area (Å²) in [6, 6.07) is 14.5. The number of halogens is 2. The molecule has 6 heteroatoms. The number of carbonyl (C=O) groups is 1. The molecule has 1 amide bonds. The average Bonchev–Trinajstić information content (AvgIpc) is 2.66. The molecule has 4 nitrogen and oxygen atoms in total. The Morgan fingerprint density at radius 2 is 1.73 bits per heavy atom. The molecule has 0 radical (unpaired) electrons. The summed E-state index contributed by atoms with van der Waals surface area (Å²) in [6.07, 6.45) is 0. The lowest BCUT2D eigenvalue weighted by atomic mass is 10.2. The van der Waals surface area contributed by atoms with Gasteiger partial charge >= 0.3 is 0 Å². The van der Waals surface area contributed by atoms with E-state index in [0.29, 0.717) is 11.6 Å². The quantitative estimate of drug-likeness (QED) is 0.843. The number of benzene rings is 2. The molecule has 0 aliphatic carbocycles. The van der Waals surface area contributed by atoms with Gasteiger partial charge in [0.2, 0.25) is 0 Å². The van der Waals surface area contributed by atoms with Gasteiger partial charge in [-0.1, -0.05) is 41.9 Å². The van der Waals surface area contributed by atoms with E-state index in [1.54, 1.807) is 0 Å². The van der Waals surface area contributed by atoms with Gasteiger partial charge in [-0.2, -0.15) is 0 Å². The number of nitrogens with zero attached hydrogens (tertiary/aromatic N) is 2. The third kappa shape index (κ3) is 5.27. The first-order valence-electron chi connectivity index (χ1n) is 8.84. The third-order valence-corrected chi connectivity index (χ3v) is 4.84. The van der Waals surface area contributed by atoms with E-state index in [1.165, 1.54) is 23.8 Å². The van der Waals surface area contributed by atoms with Crippen molar-refractivity contribution in [2.24, 2.45) is 0 Å². The Morgan fingerprint density at radius 3 is 2.46 bits per heavy atom. The van der Waals surface area contributed by atoms with E-state index in [0.717, 1.165) is 39.3 Å². The van der Waals surface area contributed by atoms with Crippen molar-refractivity contribution < 1.29 is 9.18 Å². The maximum atomic E-state index is 13.7. The normalized spacial score (nSPS) is 15.8. The van der Waals surface area contributed by atoms with E-state index >= 15 is 0 Å². The minimum atomic E-state index is -0.554. The largest absolute Gasteiger partial charge is 0.351 e. The molecule has 2 aromatic carbocycles. The van der Waals surface area contributed by atoms with Gasteiger partial charge in [0.15, 0.2) is 0 Å². The van der Waals surface area contributed by atoms with Gasteiger partial charge in [0.1, 0.15) is 5.82 Å². The molecule has 0 spiro atoms. The van der Waals surface area contributed by atoms with Gasteiger partial charge in [-0.05, 0) is 23.8 Å². The first kappa shape index (κ1) is 18.8. The van der Waals surface area contributed by atoms with Gasteiger partial charge < -0.3 is 5.32 Å². The Morgan fingerprint density at radius 1 is 1.04 bits per heavy atom. The van der Waals surface area contributed by atoms with Crippen LogP contribution in [0.25, 0.3) is 0 Å². The maximum absolute atomic E-state index is 13.7. The summed E-state index contributed by atoms with van der Waals surface area (Å²) in [4.78, 5) is 16.8. The predicted molar refractivity (Wildman–Crippen MR) is 102 cm³/mol. The summed E-state index contributed by atoms with van der Waals surface area (Å²) in [5, 5.41) is 3.13. The average molecular weight is 376 g/mol. The highest BCUT2D eigenvalue weighted by atomic mass is 35.5. The number of nitrogens with one attached hydrogen (secondary N) is 1. The van der Waals surface area contributed by atoms with E-state index in [1.807, 2.05) is 6.07 Å². The van der Waals surface area contributed by atoms with Crippen LogP contribution in [0.1, 0.15) is 15.9 Å². The SMILES string of the molecule is O=C(NCCN1CCN(Cc2ccccc2)CC1)c1cc(Cl)ccc1F. The van der Waals surface area contributed by atoms with E-state index in [-0.39, 0.29) is 5.56 Å². The highest BCUT2D eigenvalue weighted by Gasteiger charge is 2.17. The van der Waals surface area contributed by atoms with E-state index in [2.05, 4.69) is 39.4 Å². The van der Waals surface area contributed by atoms with Crippen molar-refractivity contribution in [1.29, 1.82) is 0 Å². The Bertz CT molecular complexity index is 733. The van der Waals surface area contributed by atoms with Gasteiger partial charge in [0.05, 0.1) is 5.56 Å². The van der Waals surface area contributed by atoms with E-state index in [9.17, 15) is 9.18 Å². The summed E-state index contributed by atoms with van der Waals surface area (Å²) >= 11 is 5.83. The lowest BCUT2D eigenvalue weighted by Gasteiger charge is -2.34. The van der Waals surface area contributed by atoms with E-state index in [4.69, 9.17) is 11.6 Å². The molecule has 138 valence electrons. The van der Waals surface area contributed by atoms with E-state index < -0.39 is 11.7 Å². The van der Waals surface area contributed by atoms with Crippen LogP contribution in [0.2, 0.25) is 5.02 Å². The molecule has 0 atom stereocenters. The fourth-order valence-corrected chi connectivity index (χ4v) is 3.28. The molecule has 1 N–H and O–H groups in total. The van der Waals surface area contributed by atoms with Crippen molar-refractivity contribution in [2.45, 2.75) is 6.54 Å². The van der Waals surface area contributed by atoms with Crippen molar-refractivity contribution in [3.05, 3.63) is 70.5 Å². The number of hydrogen-bond donors (Lipinski definition) is 1. The summed E-state index contributed by atoms with van der Waals surface area (Å²) in [5.74, 6) is -0.978. The molecule has 1 aliphatic rings. The molecule has 1 aliphatic heterocycles. The maximum Gasteiger partial charge on any atom is 0.254 e. The smallest absolute Gasteiger partial charge is 0.254 e. The van der Waals surface area contributed by atoms with Gasteiger partial charge in [0, 0.05) is 50.8 Å². The predicted octanol–water partition coefficient (Wildman–Crippen LogP) is 3.03. The second-order valence-electron chi connectivity index (χ2n) is 6.48. The molecule has 26 heavy (non-hydrogen) atoms. The van der Waals surface area contributed by atoms with Gasteiger partial charge in [-0.3, -0.25) is 14.6 Å². The van der Waals surface area contributed by atoms with Crippen molar-refractivity contribution in [3.63, 3.8) is 0 Å². The number of amides is 1. The summed E-state index contributed by atoms with van der Waals surface area (Å²) in [6.45, 7) is 6.16. The zero-order valence-electron chi connectivity index (χ0n) is 14.6. The van der Waals surface area contributed by atoms with Crippen LogP contribution in [0.5, 0.6) is 0 Å². The van der Waals surface area contributed by atoms with Crippen LogP contribution in [-0.2, 0) is 6.54 Å². The number of carbonyl (C=O) groups excluding carboxylic acids is 1. The standard InChI is InChI=1S/C20H23ClFN3O/c21-17-6-7-19(22)18(14-17)20(26)23-8-9-24-10-12-25(13-11-24)15-16-4-2-1-3-5-16/h1-7,14H,8-13,15H2,(H,23,26). The molecule has 0 unspecified atom stereocenters. The highest BCUT2D eigenvalue weighted by molar-refractivity contribution is 6.31. The minimum absolute atomic E-state index is 0.00909. The molecule has 1 heterocycles. The molecule has 1 fully saturated rings. The van der Waals surface area contributed by atoms with Crippen LogP contribution in [0.4, 0.5) is 4.39 Å². The molecule has 1 saturated heterocycles. The number of rotatable bonds is 6. The second-order valence-corrected chi connectivity index (χ2v) is 6.92. The van der Waals surface area contributed by atoms with Gasteiger partial charge in [-0.15, -0.1) is 0 Å². The van der Waals surface area contributed by atoms with Crippen LogP contribution >= 0.6 is 11.6 Å². The minimum Gasteiger partial charge on any atom is -0.351 e. The summed E-state index contributed by atoms with van der Waals surface area (Å²) in [7, 11) is 0. The summed E-state index contributed by atoms with van der Waals surface area (Å²) in [5.41, 5.74) is 1.32. The van der Waals surface area contributed by atoms with Crippen LogP contribution in [0, 0.1) is 5.82 Å². The molecule has 2 aromatic rings. The molecule has 0 aromatic heterocycles. The molecular formula is C20H23ClFN3O. The topological polar surface area (TPSA) is 35.6 Å². The Kier molecular flexibility index (Phi) is 6.61. The van der Waals surface area contributed by atoms with Crippen molar-refractivity contribution in [2.75, 3.05) is 39.3 Å². The Labute approximate surface area is 158 Å². The lowest BCUT2D eigenvalue weighted by molar-refractivity contribution is 0.0930. The summed E-state index contributed by atoms with van der Waals surface area (Å²) < 4.78 is 13.7. The zero-order chi connectivity index (χ0) is 18.4. The fraction of sp³-hybridized carbons (Fsp3) is 0.350. The van der Waals surface area contributed by atoms with Gasteiger partial charge in [0.25, 0.3) is 5.91 Å². The lowest BCUT2D eigenvalue weighted by Crippen LogP contribution is -2.48. The fourth-order valence-electron chi connectivity index (χ4n) is 3.11. The monoisotopic (exact) mass is 375 g/mol. The third-order valence-electron chi connectivity index (χ3n) is 4.60. The second kappa shape index (κ2) is 9.12. The van der Waals surface area contributed by atoms with Crippen LogP contribution in [0.15, 0.2) is 48.5 Å². The molecule has 0 bridgehead atoms.